The lowest BCUT2D eigenvalue weighted by Crippen LogP contribution is -2.38. The lowest BCUT2D eigenvalue weighted by molar-refractivity contribution is -0.137. The van der Waals surface area contributed by atoms with Crippen molar-refractivity contribution in [2.24, 2.45) is 0 Å². The number of hydrogen-bond acceptors (Lipinski definition) is 6. The van der Waals surface area contributed by atoms with Crippen LogP contribution >= 0.6 is 0 Å². The van der Waals surface area contributed by atoms with E-state index in [1.807, 2.05) is 25.1 Å². The Labute approximate surface area is 229 Å². The van der Waals surface area contributed by atoms with E-state index in [4.69, 9.17) is 24.8 Å². The third kappa shape index (κ3) is 13.1. The number of nitrogens with zero attached hydrogens (tertiary/aromatic N) is 1. The molecule has 3 rings (SSSR count). The lowest BCUT2D eigenvalue weighted by atomic mass is 10.00. The molecule has 0 amide bonds. The third-order valence-corrected chi connectivity index (χ3v) is 6.19. The molecule has 9 nitrogen and oxygen atoms in total. The lowest BCUT2D eigenvalue weighted by Gasteiger charge is -2.34. The first-order chi connectivity index (χ1) is 18.8. The van der Waals surface area contributed by atoms with Gasteiger partial charge in [0, 0.05) is 31.7 Å². The average Bonchev–Trinajstić information content (AvgIpc) is 2.92. The zero-order valence-electron chi connectivity index (χ0n) is 22.4. The summed E-state index contributed by atoms with van der Waals surface area (Å²) in [6.07, 6.45) is 6.42. The molecule has 0 saturated carbocycles. The van der Waals surface area contributed by atoms with Crippen LogP contribution in [0.25, 0.3) is 0 Å². The maximum Gasteiger partial charge on any atom is 0.328 e. The molecule has 0 spiro atoms. The molecule has 2 aromatic rings. The molecule has 1 saturated heterocycles. The van der Waals surface area contributed by atoms with Gasteiger partial charge in [-0.25, -0.2) is 9.59 Å². The summed E-state index contributed by atoms with van der Waals surface area (Å²) in [5, 5.41) is 24.4. The second-order valence-corrected chi connectivity index (χ2v) is 9.18. The molecule has 39 heavy (non-hydrogen) atoms. The Morgan fingerprint density at radius 1 is 0.872 bits per heavy atom. The van der Waals surface area contributed by atoms with E-state index in [1.165, 1.54) is 5.56 Å². The van der Waals surface area contributed by atoms with Gasteiger partial charge >= 0.3 is 17.9 Å². The van der Waals surface area contributed by atoms with Crippen LogP contribution in [-0.2, 0) is 19.1 Å². The van der Waals surface area contributed by atoms with E-state index in [0.717, 1.165) is 63.1 Å². The normalized spacial score (nSPS) is 14.8. The molecule has 1 aliphatic heterocycles. The molecule has 2 aromatic carbocycles. The summed E-state index contributed by atoms with van der Waals surface area (Å²) in [7, 11) is 0. The Balaban J connectivity index is 0.000000580. The van der Waals surface area contributed by atoms with Gasteiger partial charge in [-0.3, -0.25) is 4.79 Å². The van der Waals surface area contributed by atoms with E-state index >= 15 is 0 Å². The molecule has 1 atom stereocenters. The minimum Gasteiger partial charge on any atom is -0.494 e. The molecule has 3 N–H and O–H groups in total. The topological polar surface area (TPSA) is 134 Å². The highest BCUT2D eigenvalue weighted by Crippen LogP contribution is 2.31. The number of carbonyl (C=O) groups is 3. The van der Waals surface area contributed by atoms with Crippen LogP contribution in [0.3, 0.4) is 0 Å². The van der Waals surface area contributed by atoms with Crippen LogP contribution < -0.4 is 4.74 Å². The molecule has 0 bridgehead atoms. The van der Waals surface area contributed by atoms with Crippen LogP contribution in [0.1, 0.15) is 62.7 Å². The van der Waals surface area contributed by atoms with Crippen molar-refractivity contribution in [2.75, 3.05) is 26.2 Å². The van der Waals surface area contributed by atoms with Crippen LogP contribution in [0, 0.1) is 0 Å². The smallest absolute Gasteiger partial charge is 0.328 e. The second-order valence-electron chi connectivity index (χ2n) is 9.18. The van der Waals surface area contributed by atoms with Crippen molar-refractivity contribution in [3.8, 4) is 5.75 Å². The van der Waals surface area contributed by atoms with Gasteiger partial charge in [0.25, 0.3) is 0 Å². The van der Waals surface area contributed by atoms with Crippen molar-refractivity contribution in [3.05, 3.63) is 77.9 Å². The molecular weight excluding hydrogens is 502 g/mol. The Bertz CT molecular complexity index is 1010. The number of hydrogen-bond donors (Lipinski definition) is 3. The third-order valence-electron chi connectivity index (χ3n) is 6.19. The zero-order valence-corrected chi connectivity index (χ0v) is 22.4. The van der Waals surface area contributed by atoms with E-state index in [0.29, 0.717) is 18.8 Å². The van der Waals surface area contributed by atoms with E-state index in [2.05, 4.69) is 41.3 Å². The molecule has 1 fully saturated rings. The molecule has 212 valence electrons. The summed E-state index contributed by atoms with van der Waals surface area (Å²) in [6, 6.07) is 18.7. The van der Waals surface area contributed by atoms with E-state index < -0.39 is 17.9 Å². The number of likely N-dealkylation sites (tertiary alicyclic amines) is 1. The fourth-order valence-electron chi connectivity index (χ4n) is 4.28. The minimum absolute atomic E-state index is 0.0792. The summed E-state index contributed by atoms with van der Waals surface area (Å²) in [4.78, 5) is 32.2. The molecule has 0 aliphatic carbocycles. The largest absolute Gasteiger partial charge is 0.494 e. The Kier molecular flexibility index (Phi) is 14.3. The zero-order chi connectivity index (χ0) is 28.5. The van der Waals surface area contributed by atoms with Crippen molar-refractivity contribution in [1.29, 1.82) is 0 Å². The molecule has 9 heteroatoms. The van der Waals surface area contributed by atoms with Gasteiger partial charge in [0.2, 0.25) is 0 Å². The van der Waals surface area contributed by atoms with Crippen molar-refractivity contribution in [1.82, 2.24) is 4.90 Å². The van der Waals surface area contributed by atoms with Gasteiger partial charge in [0.15, 0.2) is 0 Å². The van der Waals surface area contributed by atoms with Crippen molar-refractivity contribution >= 4 is 17.9 Å². The van der Waals surface area contributed by atoms with Gasteiger partial charge < -0.3 is 29.7 Å². The van der Waals surface area contributed by atoms with Gasteiger partial charge in [0.05, 0.1) is 12.7 Å². The first-order valence-electron chi connectivity index (χ1n) is 13.3. The van der Waals surface area contributed by atoms with Gasteiger partial charge in [-0.2, -0.15) is 0 Å². The molecular formula is C30H39NO8. The van der Waals surface area contributed by atoms with Gasteiger partial charge in [-0.05, 0) is 62.4 Å². The summed E-state index contributed by atoms with van der Waals surface area (Å²) in [6.45, 7) is 5.78. The maximum absolute atomic E-state index is 10.6. The van der Waals surface area contributed by atoms with Crippen LogP contribution in [0.2, 0.25) is 0 Å². The number of piperidine rings is 1. The van der Waals surface area contributed by atoms with Gasteiger partial charge in [0.1, 0.15) is 11.9 Å². The Morgan fingerprint density at radius 2 is 1.46 bits per heavy atom. The highest BCUT2D eigenvalue weighted by Gasteiger charge is 2.24. The van der Waals surface area contributed by atoms with E-state index in [9.17, 15) is 14.4 Å². The monoisotopic (exact) mass is 541 g/mol. The molecule has 1 aliphatic rings. The molecule has 0 radical (unpaired) electrons. The maximum atomic E-state index is 10.6. The summed E-state index contributed by atoms with van der Waals surface area (Å²) >= 11 is 0. The van der Waals surface area contributed by atoms with E-state index in [1.54, 1.807) is 0 Å². The number of benzene rings is 2. The summed E-state index contributed by atoms with van der Waals surface area (Å²) in [5.74, 6) is -2.33. The predicted molar refractivity (Wildman–Crippen MR) is 147 cm³/mol. The Morgan fingerprint density at radius 3 is 2.00 bits per heavy atom. The number of rotatable bonds is 14. The highest BCUT2D eigenvalue weighted by atomic mass is 16.5. The van der Waals surface area contributed by atoms with Crippen LogP contribution in [-0.4, -0.2) is 70.5 Å². The molecule has 1 unspecified atom stereocenters. The first kappa shape index (κ1) is 31.5. The van der Waals surface area contributed by atoms with Crippen LogP contribution in [0.4, 0.5) is 0 Å². The number of ether oxygens (including phenoxy) is 2. The fourth-order valence-corrected chi connectivity index (χ4v) is 4.28. The van der Waals surface area contributed by atoms with Gasteiger partial charge in [-0.1, -0.05) is 48.9 Å². The number of aliphatic carboxylic acids is 3. The number of carboxylic acids is 3. The summed E-state index contributed by atoms with van der Waals surface area (Å²) < 4.78 is 12.2. The minimum atomic E-state index is -1.26. The van der Waals surface area contributed by atoms with Crippen molar-refractivity contribution < 1.29 is 39.2 Å². The van der Waals surface area contributed by atoms with Crippen LogP contribution in [0.15, 0.2) is 66.7 Å². The molecule has 0 aromatic heterocycles. The fraction of sp³-hybridized carbons (Fsp3) is 0.433. The average molecular weight is 542 g/mol. The van der Waals surface area contributed by atoms with Crippen molar-refractivity contribution in [2.45, 2.75) is 57.7 Å². The highest BCUT2D eigenvalue weighted by molar-refractivity contribution is 5.89. The van der Waals surface area contributed by atoms with Crippen molar-refractivity contribution in [3.63, 3.8) is 0 Å². The predicted octanol–water partition coefficient (Wildman–Crippen LogP) is 5.01. The number of carboxylic acid groups (broad SMARTS) is 3. The second kappa shape index (κ2) is 17.8. The Hall–Kier alpha value is -3.69. The number of unbranched alkanes of at least 4 members (excludes halogenated alkanes) is 2. The van der Waals surface area contributed by atoms with Crippen LogP contribution in [0.5, 0.6) is 5.75 Å². The SMILES string of the molecule is CCOc1ccc(C(OC2CCN(CCCCCC(=O)O)CC2)c2ccccc2)cc1.O=C(O)/C=C/C(=O)O. The standard InChI is InChI=1S/C26H35NO4.C4H4O4/c1-2-30-23-14-12-22(13-15-23)26(21-9-5-3-6-10-21)31-24-16-19-27(20-17-24)18-8-4-7-11-25(28)29;5-3(6)1-2-4(7)8/h3,5-6,9-10,12-15,24,26H,2,4,7-8,11,16-20H2,1H3,(H,28,29);1-2H,(H,5,6)(H,7,8)/b;2-1+. The van der Waals surface area contributed by atoms with Gasteiger partial charge in [-0.15, -0.1) is 0 Å². The quantitative estimate of drug-likeness (QED) is 0.223. The summed E-state index contributed by atoms with van der Waals surface area (Å²) in [5.41, 5.74) is 2.32. The first-order valence-corrected chi connectivity index (χ1v) is 13.3. The molecule has 1 heterocycles. The van der Waals surface area contributed by atoms with E-state index in [-0.39, 0.29) is 18.6 Å².